The highest BCUT2D eigenvalue weighted by Gasteiger charge is 2.16. The maximum absolute atomic E-state index is 12.5. The van der Waals surface area contributed by atoms with Crippen molar-refractivity contribution in [2.45, 2.75) is 44.7 Å². The molecule has 140 valence electrons. The first-order valence-electron chi connectivity index (χ1n) is 8.38. The van der Waals surface area contributed by atoms with Crippen LogP contribution in [0, 0.1) is 0 Å². The third kappa shape index (κ3) is 5.31. The first-order chi connectivity index (χ1) is 12.2. The van der Waals surface area contributed by atoms with Crippen LogP contribution in [0.1, 0.15) is 38.1 Å². The molecule has 0 spiro atoms. The highest BCUT2D eigenvalue weighted by Crippen LogP contribution is 2.25. The smallest absolute Gasteiger partial charge is 0.255 e. The molecule has 0 fully saturated rings. The molecule has 0 bridgehead atoms. The Morgan fingerprint density at radius 3 is 2.15 bits per heavy atom. The second kappa shape index (κ2) is 8.33. The molecule has 6 nitrogen and oxygen atoms in total. The predicted octanol–water partition coefficient (Wildman–Crippen LogP) is 3.41. The number of rotatable bonds is 7. The van der Waals surface area contributed by atoms with Crippen LogP contribution in [0.3, 0.4) is 0 Å². The fourth-order valence-corrected chi connectivity index (χ4v) is 3.54. The molecule has 2 rings (SSSR count). The number of anilines is 1. The number of ether oxygens (including phenoxy) is 1. The summed E-state index contributed by atoms with van der Waals surface area (Å²) in [4.78, 5) is 12.6. The van der Waals surface area contributed by atoms with Crippen molar-refractivity contribution in [1.82, 2.24) is 4.72 Å². The minimum absolute atomic E-state index is 0.0222. The molecule has 0 aliphatic carbocycles. The van der Waals surface area contributed by atoms with Gasteiger partial charge in [-0.15, -0.1) is 0 Å². The normalized spacial score (nSPS) is 11.6. The molecule has 26 heavy (non-hydrogen) atoms. The van der Waals surface area contributed by atoms with E-state index in [1.807, 2.05) is 19.9 Å². The van der Waals surface area contributed by atoms with Gasteiger partial charge in [-0.2, -0.15) is 0 Å². The lowest BCUT2D eigenvalue weighted by molar-refractivity contribution is 0.102. The second-order valence-corrected chi connectivity index (χ2v) is 8.13. The van der Waals surface area contributed by atoms with Gasteiger partial charge in [-0.1, -0.05) is 12.1 Å². The molecule has 0 heterocycles. The van der Waals surface area contributed by atoms with Crippen molar-refractivity contribution in [3.63, 3.8) is 0 Å². The summed E-state index contributed by atoms with van der Waals surface area (Å²) in [6, 6.07) is 12.7. The van der Waals surface area contributed by atoms with E-state index in [2.05, 4.69) is 10.0 Å². The average molecular weight is 376 g/mol. The van der Waals surface area contributed by atoms with Gasteiger partial charge in [0.2, 0.25) is 10.0 Å². The molecule has 1 amide bonds. The van der Waals surface area contributed by atoms with Gasteiger partial charge in [0.1, 0.15) is 5.75 Å². The Morgan fingerprint density at radius 1 is 0.962 bits per heavy atom. The first kappa shape index (κ1) is 19.9. The Morgan fingerprint density at radius 2 is 1.58 bits per heavy atom. The fourth-order valence-electron chi connectivity index (χ4n) is 2.28. The van der Waals surface area contributed by atoms with E-state index >= 15 is 0 Å². The van der Waals surface area contributed by atoms with E-state index in [9.17, 15) is 13.2 Å². The first-order valence-corrected chi connectivity index (χ1v) is 9.87. The topological polar surface area (TPSA) is 84.5 Å². The van der Waals surface area contributed by atoms with Crippen molar-refractivity contribution in [2.75, 3.05) is 5.32 Å². The molecule has 0 saturated carbocycles. The number of hydrogen-bond acceptors (Lipinski definition) is 4. The van der Waals surface area contributed by atoms with Crippen LogP contribution >= 0.6 is 0 Å². The molecular weight excluding hydrogens is 352 g/mol. The van der Waals surface area contributed by atoms with E-state index in [4.69, 9.17) is 4.74 Å². The number of para-hydroxylation sites is 2. The number of carbonyl (C=O) groups is 1. The number of sulfonamides is 1. The molecule has 0 aliphatic heterocycles. The van der Waals surface area contributed by atoms with Gasteiger partial charge in [0.25, 0.3) is 5.91 Å². The number of benzene rings is 2. The molecule has 0 saturated heterocycles. The van der Waals surface area contributed by atoms with Crippen LogP contribution in [0.2, 0.25) is 0 Å². The van der Waals surface area contributed by atoms with Crippen molar-refractivity contribution in [2.24, 2.45) is 0 Å². The lowest BCUT2D eigenvalue weighted by atomic mass is 10.2. The molecule has 7 heteroatoms. The number of nitrogens with one attached hydrogen (secondary N) is 2. The lowest BCUT2D eigenvalue weighted by Gasteiger charge is -2.15. The predicted molar refractivity (Wildman–Crippen MR) is 102 cm³/mol. The van der Waals surface area contributed by atoms with E-state index in [-0.39, 0.29) is 22.9 Å². The molecule has 0 atom stereocenters. The van der Waals surface area contributed by atoms with Crippen LogP contribution in [0.15, 0.2) is 53.4 Å². The number of hydrogen-bond donors (Lipinski definition) is 2. The zero-order valence-electron chi connectivity index (χ0n) is 15.3. The summed E-state index contributed by atoms with van der Waals surface area (Å²) < 4.78 is 32.5. The maximum Gasteiger partial charge on any atom is 0.255 e. The Balaban J connectivity index is 2.17. The van der Waals surface area contributed by atoms with Crippen molar-refractivity contribution in [3.05, 3.63) is 54.1 Å². The fraction of sp³-hybridized carbons (Fsp3) is 0.316. The lowest BCUT2D eigenvalue weighted by Crippen LogP contribution is -2.30. The van der Waals surface area contributed by atoms with E-state index in [0.717, 1.165) is 0 Å². The molecule has 2 aromatic rings. The van der Waals surface area contributed by atoms with E-state index < -0.39 is 10.0 Å². The minimum Gasteiger partial charge on any atom is -0.489 e. The van der Waals surface area contributed by atoms with E-state index in [1.54, 1.807) is 32.0 Å². The second-order valence-electron chi connectivity index (χ2n) is 6.42. The summed E-state index contributed by atoms with van der Waals surface area (Å²) in [5, 5.41) is 2.79. The van der Waals surface area contributed by atoms with Gasteiger partial charge in [-0.25, -0.2) is 13.1 Å². The highest BCUT2D eigenvalue weighted by atomic mass is 32.2. The summed E-state index contributed by atoms with van der Waals surface area (Å²) in [5.74, 6) is 0.238. The number of carbonyl (C=O) groups excluding carboxylic acids is 1. The van der Waals surface area contributed by atoms with Gasteiger partial charge in [0, 0.05) is 11.6 Å². The molecule has 0 aliphatic rings. The average Bonchev–Trinajstić information content (AvgIpc) is 2.55. The minimum atomic E-state index is -3.58. The van der Waals surface area contributed by atoms with Crippen LogP contribution in [0.5, 0.6) is 5.75 Å². The van der Waals surface area contributed by atoms with Gasteiger partial charge in [-0.3, -0.25) is 4.79 Å². The zero-order valence-corrected chi connectivity index (χ0v) is 16.1. The third-order valence-corrected chi connectivity index (χ3v) is 4.99. The van der Waals surface area contributed by atoms with Gasteiger partial charge >= 0.3 is 0 Å². The van der Waals surface area contributed by atoms with Crippen LogP contribution in [0.4, 0.5) is 5.69 Å². The standard InChI is InChI=1S/C19H24N2O4S/c1-13(2)21-26(23,24)16-11-9-15(10-12-16)19(22)20-17-7-5-6-8-18(17)25-14(3)4/h5-14,21H,1-4H3,(H,20,22). The van der Waals surface area contributed by atoms with Gasteiger partial charge in [0.05, 0.1) is 16.7 Å². The Kier molecular flexibility index (Phi) is 6.39. The quantitative estimate of drug-likeness (QED) is 0.775. The summed E-state index contributed by atoms with van der Waals surface area (Å²) in [6.07, 6.45) is -0.0222. The molecule has 2 aromatic carbocycles. The van der Waals surface area contributed by atoms with Gasteiger partial charge in [-0.05, 0) is 64.1 Å². The van der Waals surface area contributed by atoms with Crippen LogP contribution in [0.25, 0.3) is 0 Å². The summed E-state index contributed by atoms with van der Waals surface area (Å²) in [7, 11) is -3.58. The summed E-state index contributed by atoms with van der Waals surface area (Å²) >= 11 is 0. The highest BCUT2D eigenvalue weighted by molar-refractivity contribution is 7.89. The Bertz CT molecular complexity index is 859. The van der Waals surface area contributed by atoms with Crippen LogP contribution in [-0.2, 0) is 10.0 Å². The molecule has 0 unspecified atom stereocenters. The van der Waals surface area contributed by atoms with Crippen molar-refractivity contribution in [3.8, 4) is 5.75 Å². The van der Waals surface area contributed by atoms with E-state index in [0.29, 0.717) is 17.0 Å². The van der Waals surface area contributed by atoms with E-state index in [1.165, 1.54) is 24.3 Å². The van der Waals surface area contributed by atoms with Gasteiger partial charge < -0.3 is 10.1 Å². The number of amides is 1. The molecule has 0 aromatic heterocycles. The van der Waals surface area contributed by atoms with Crippen molar-refractivity contribution in [1.29, 1.82) is 0 Å². The molecule has 2 N–H and O–H groups in total. The SMILES string of the molecule is CC(C)NS(=O)(=O)c1ccc(C(=O)Nc2ccccc2OC(C)C)cc1. The Labute approximate surface area is 154 Å². The zero-order chi connectivity index (χ0) is 19.3. The van der Waals surface area contributed by atoms with Crippen molar-refractivity contribution < 1.29 is 17.9 Å². The third-order valence-electron chi connectivity index (χ3n) is 3.32. The van der Waals surface area contributed by atoms with Crippen molar-refractivity contribution >= 4 is 21.6 Å². The monoisotopic (exact) mass is 376 g/mol. The van der Waals surface area contributed by atoms with Crippen LogP contribution < -0.4 is 14.8 Å². The Hall–Kier alpha value is -2.38. The van der Waals surface area contributed by atoms with Crippen LogP contribution in [-0.4, -0.2) is 26.5 Å². The summed E-state index contributed by atoms with van der Waals surface area (Å²) in [6.45, 7) is 7.30. The molecular formula is C19H24N2O4S. The maximum atomic E-state index is 12.5. The largest absolute Gasteiger partial charge is 0.489 e. The molecule has 0 radical (unpaired) electrons. The van der Waals surface area contributed by atoms with Gasteiger partial charge in [0.15, 0.2) is 0 Å². The summed E-state index contributed by atoms with van der Waals surface area (Å²) in [5.41, 5.74) is 0.914.